The Morgan fingerprint density at radius 1 is 0.756 bits per heavy atom. The van der Waals surface area contributed by atoms with Gasteiger partial charge in [0.25, 0.3) is 0 Å². The van der Waals surface area contributed by atoms with Gasteiger partial charge in [0.2, 0.25) is 23.6 Å². The number of aromatic hydroxyl groups is 2. The summed E-state index contributed by atoms with van der Waals surface area (Å²) in [5.41, 5.74) is 7.18. The molecule has 222 valence electrons. The molecule has 0 radical (unpaired) electrons. The lowest BCUT2D eigenvalue weighted by molar-refractivity contribution is -0.142. The van der Waals surface area contributed by atoms with Crippen LogP contribution >= 0.6 is 11.8 Å². The van der Waals surface area contributed by atoms with Gasteiger partial charge in [0.05, 0.1) is 19.1 Å². The molecular formula is C27H35N5O8S. The number of amides is 4. The number of carbonyl (C=O) groups is 5. The molecule has 2 rings (SSSR count). The lowest BCUT2D eigenvalue weighted by atomic mass is 10.0. The first-order chi connectivity index (χ1) is 19.5. The number of benzene rings is 2. The number of nitrogens with two attached hydrogens (primary N) is 1. The van der Waals surface area contributed by atoms with Crippen LogP contribution in [0.1, 0.15) is 17.5 Å². The van der Waals surface area contributed by atoms with Crippen molar-refractivity contribution in [3.63, 3.8) is 0 Å². The molecule has 3 atom stereocenters. The Balaban J connectivity index is 1.90. The molecule has 0 aromatic heterocycles. The molecule has 2 aromatic carbocycles. The number of nitrogens with one attached hydrogen (secondary N) is 4. The summed E-state index contributed by atoms with van der Waals surface area (Å²) >= 11 is 1.42. The summed E-state index contributed by atoms with van der Waals surface area (Å²) in [5, 5.41) is 38.0. The van der Waals surface area contributed by atoms with Crippen molar-refractivity contribution in [3.8, 4) is 11.5 Å². The topological polar surface area (TPSA) is 220 Å². The van der Waals surface area contributed by atoms with Crippen molar-refractivity contribution in [2.45, 2.75) is 37.4 Å². The van der Waals surface area contributed by atoms with Crippen LogP contribution in [0.4, 0.5) is 0 Å². The van der Waals surface area contributed by atoms with Crippen LogP contribution in [0.2, 0.25) is 0 Å². The monoisotopic (exact) mass is 589 g/mol. The molecule has 0 fully saturated rings. The number of carboxylic acid groups (broad SMARTS) is 1. The van der Waals surface area contributed by atoms with Gasteiger partial charge in [-0.05, 0) is 60.2 Å². The molecule has 41 heavy (non-hydrogen) atoms. The van der Waals surface area contributed by atoms with Crippen LogP contribution in [-0.2, 0) is 36.8 Å². The highest BCUT2D eigenvalue weighted by molar-refractivity contribution is 7.98. The minimum atomic E-state index is -1.21. The van der Waals surface area contributed by atoms with Crippen LogP contribution in [0.15, 0.2) is 48.5 Å². The third-order valence-corrected chi connectivity index (χ3v) is 6.50. The number of carboxylic acids is 1. The van der Waals surface area contributed by atoms with E-state index in [4.69, 9.17) is 5.73 Å². The Morgan fingerprint density at radius 2 is 1.29 bits per heavy atom. The largest absolute Gasteiger partial charge is 0.508 e. The van der Waals surface area contributed by atoms with Crippen molar-refractivity contribution >= 4 is 41.4 Å². The average Bonchev–Trinajstić information content (AvgIpc) is 2.94. The second-order valence-corrected chi connectivity index (χ2v) is 10.1. The highest BCUT2D eigenvalue weighted by Crippen LogP contribution is 2.12. The number of phenolic OH excluding ortho intramolecular Hbond substituents is 2. The molecule has 0 aliphatic carbocycles. The van der Waals surface area contributed by atoms with Gasteiger partial charge in [-0.25, -0.2) is 4.79 Å². The molecule has 0 saturated carbocycles. The zero-order valence-corrected chi connectivity index (χ0v) is 23.3. The van der Waals surface area contributed by atoms with Gasteiger partial charge in [0.1, 0.15) is 23.6 Å². The van der Waals surface area contributed by atoms with Gasteiger partial charge in [0.15, 0.2) is 0 Å². The first-order valence-electron chi connectivity index (χ1n) is 12.7. The fourth-order valence-corrected chi connectivity index (χ4v) is 4.08. The summed E-state index contributed by atoms with van der Waals surface area (Å²) in [6.45, 7) is -0.953. The molecule has 4 amide bonds. The fraction of sp³-hybridized carbons (Fsp3) is 0.370. The second kappa shape index (κ2) is 16.7. The summed E-state index contributed by atoms with van der Waals surface area (Å²) < 4.78 is 0. The van der Waals surface area contributed by atoms with Crippen LogP contribution in [0.25, 0.3) is 0 Å². The van der Waals surface area contributed by atoms with Crippen molar-refractivity contribution in [2.24, 2.45) is 5.73 Å². The van der Waals surface area contributed by atoms with Gasteiger partial charge < -0.3 is 42.3 Å². The second-order valence-electron chi connectivity index (χ2n) is 9.14. The number of rotatable bonds is 16. The Labute approximate surface area is 241 Å². The number of hydrogen-bond acceptors (Lipinski definition) is 9. The molecule has 3 unspecified atom stereocenters. The smallest absolute Gasteiger partial charge is 0.326 e. The first kappa shape index (κ1) is 32.9. The normalized spacial score (nSPS) is 12.8. The molecular weight excluding hydrogens is 554 g/mol. The van der Waals surface area contributed by atoms with Crippen molar-refractivity contribution in [1.82, 2.24) is 21.3 Å². The number of hydrogen-bond donors (Lipinski definition) is 8. The molecule has 9 N–H and O–H groups in total. The van der Waals surface area contributed by atoms with E-state index in [0.717, 1.165) is 5.56 Å². The SMILES string of the molecule is CSCCC(NC(=O)C(Cc1ccc(O)cc1)NC(=O)CNC(=O)CNC(=O)C(N)Cc1ccc(O)cc1)C(=O)O. The number of carbonyl (C=O) groups excluding carboxylic acids is 4. The Morgan fingerprint density at radius 3 is 1.83 bits per heavy atom. The van der Waals surface area contributed by atoms with E-state index in [1.807, 2.05) is 0 Å². The van der Waals surface area contributed by atoms with Gasteiger partial charge in [-0.2, -0.15) is 11.8 Å². The molecule has 0 bridgehead atoms. The van der Waals surface area contributed by atoms with Gasteiger partial charge in [0, 0.05) is 6.42 Å². The van der Waals surface area contributed by atoms with E-state index < -0.39 is 60.8 Å². The Bertz CT molecular complexity index is 1190. The lowest BCUT2D eigenvalue weighted by Gasteiger charge is -2.22. The summed E-state index contributed by atoms with van der Waals surface area (Å²) in [4.78, 5) is 61.5. The molecule has 2 aromatic rings. The average molecular weight is 590 g/mol. The quantitative estimate of drug-likeness (QED) is 0.122. The minimum Gasteiger partial charge on any atom is -0.508 e. The third-order valence-electron chi connectivity index (χ3n) is 5.85. The third kappa shape index (κ3) is 12.2. The maximum atomic E-state index is 13.0. The summed E-state index contributed by atoms with van der Waals surface area (Å²) in [6, 6.07) is 8.84. The van der Waals surface area contributed by atoms with Gasteiger partial charge in [-0.15, -0.1) is 0 Å². The van der Waals surface area contributed by atoms with Crippen LogP contribution in [-0.4, -0.2) is 88.1 Å². The van der Waals surface area contributed by atoms with Crippen molar-refractivity contribution in [3.05, 3.63) is 59.7 Å². The van der Waals surface area contributed by atoms with E-state index >= 15 is 0 Å². The number of aliphatic carboxylic acids is 1. The Kier molecular flexibility index (Phi) is 13.4. The highest BCUT2D eigenvalue weighted by Gasteiger charge is 2.27. The molecule has 13 nitrogen and oxygen atoms in total. The molecule has 14 heteroatoms. The maximum Gasteiger partial charge on any atom is 0.326 e. The van der Waals surface area contributed by atoms with Gasteiger partial charge in [-0.3, -0.25) is 19.2 Å². The highest BCUT2D eigenvalue weighted by atomic mass is 32.2. The lowest BCUT2D eigenvalue weighted by Crippen LogP contribution is -2.54. The summed E-state index contributed by atoms with van der Waals surface area (Å²) in [5.74, 6) is -3.32. The summed E-state index contributed by atoms with van der Waals surface area (Å²) in [6.07, 6.45) is 2.17. The van der Waals surface area contributed by atoms with E-state index in [9.17, 15) is 39.3 Å². The van der Waals surface area contributed by atoms with Crippen molar-refractivity contribution < 1.29 is 39.3 Å². The molecule has 0 aliphatic heterocycles. The molecule has 0 heterocycles. The molecule has 0 aliphatic rings. The van der Waals surface area contributed by atoms with E-state index in [0.29, 0.717) is 11.3 Å². The van der Waals surface area contributed by atoms with E-state index in [2.05, 4.69) is 21.3 Å². The van der Waals surface area contributed by atoms with Crippen molar-refractivity contribution in [2.75, 3.05) is 25.1 Å². The van der Waals surface area contributed by atoms with Gasteiger partial charge >= 0.3 is 5.97 Å². The van der Waals surface area contributed by atoms with E-state index in [-0.39, 0.29) is 30.8 Å². The molecule has 0 saturated heterocycles. The van der Waals surface area contributed by atoms with Crippen LogP contribution in [0.3, 0.4) is 0 Å². The zero-order chi connectivity index (χ0) is 30.4. The number of thioether (sulfide) groups is 1. The maximum absolute atomic E-state index is 13.0. The van der Waals surface area contributed by atoms with Crippen LogP contribution in [0.5, 0.6) is 11.5 Å². The molecule has 0 spiro atoms. The zero-order valence-electron chi connectivity index (χ0n) is 22.5. The van der Waals surface area contributed by atoms with Crippen LogP contribution < -0.4 is 27.0 Å². The number of phenols is 2. The van der Waals surface area contributed by atoms with E-state index in [1.54, 1.807) is 30.5 Å². The standard InChI is InChI=1S/C27H35N5O8S/c1-41-11-10-21(27(39)40)32-26(38)22(13-17-4-8-19(34)9-5-17)31-24(36)15-29-23(35)14-30-25(37)20(28)12-16-2-6-18(33)7-3-16/h2-9,20-22,33-34H,10-15,28H2,1H3,(H,29,35)(H,30,37)(H,31,36)(H,32,38)(H,39,40). The predicted molar refractivity (Wildman–Crippen MR) is 152 cm³/mol. The Hall–Kier alpha value is -4.30. The fourth-order valence-electron chi connectivity index (χ4n) is 3.61. The van der Waals surface area contributed by atoms with E-state index in [1.165, 1.54) is 36.0 Å². The minimum absolute atomic E-state index is 0.00432. The van der Waals surface area contributed by atoms with Gasteiger partial charge in [-0.1, -0.05) is 24.3 Å². The predicted octanol–water partition coefficient (Wildman–Crippen LogP) is -0.750. The van der Waals surface area contributed by atoms with Crippen LogP contribution in [0, 0.1) is 0 Å². The first-order valence-corrected chi connectivity index (χ1v) is 14.0. The summed E-state index contributed by atoms with van der Waals surface area (Å²) in [7, 11) is 0. The van der Waals surface area contributed by atoms with Crippen molar-refractivity contribution in [1.29, 1.82) is 0 Å².